The van der Waals surface area contributed by atoms with Crippen LogP contribution in [-0.4, -0.2) is 87.1 Å². The summed E-state index contributed by atoms with van der Waals surface area (Å²) < 4.78 is 17.0. The van der Waals surface area contributed by atoms with E-state index in [-0.39, 0.29) is 17.6 Å². The van der Waals surface area contributed by atoms with Crippen LogP contribution in [-0.2, 0) is 19.0 Å². The van der Waals surface area contributed by atoms with E-state index < -0.39 is 0 Å². The maximum absolute atomic E-state index is 12.4. The fourth-order valence-corrected chi connectivity index (χ4v) is 3.79. The molecule has 2 atom stereocenters. The molecule has 0 aliphatic carbocycles. The number of methoxy groups -OCH3 is 1. The number of piperidine rings is 1. The molecule has 0 aromatic heterocycles. The van der Waals surface area contributed by atoms with Gasteiger partial charge in [-0.15, -0.1) is 0 Å². The van der Waals surface area contributed by atoms with Crippen molar-refractivity contribution >= 4 is 5.91 Å². The lowest BCUT2D eigenvalue weighted by Crippen LogP contribution is -2.59. The molecule has 6 nitrogen and oxygen atoms in total. The predicted octanol–water partition coefficient (Wildman–Crippen LogP) is 0.115. The van der Waals surface area contributed by atoms with E-state index in [1.807, 2.05) is 4.90 Å². The van der Waals surface area contributed by atoms with Gasteiger partial charge in [0.25, 0.3) is 0 Å². The van der Waals surface area contributed by atoms with Crippen molar-refractivity contribution < 1.29 is 19.0 Å². The molecule has 6 heteroatoms. The van der Waals surface area contributed by atoms with Crippen molar-refractivity contribution in [1.82, 2.24) is 9.80 Å². The number of rotatable bonds is 3. The van der Waals surface area contributed by atoms with Gasteiger partial charge in [-0.25, -0.2) is 0 Å². The van der Waals surface area contributed by atoms with Crippen LogP contribution in [0.5, 0.6) is 0 Å². The first-order valence-electron chi connectivity index (χ1n) is 7.98. The Balaban J connectivity index is 1.57. The zero-order valence-electron chi connectivity index (χ0n) is 12.9. The van der Waals surface area contributed by atoms with Gasteiger partial charge in [-0.3, -0.25) is 9.69 Å². The highest BCUT2D eigenvalue weighted by atomic mass is 16.6. The minimum Gasteiger partial charge on any atom is -0.378 e. The zero-order valence-corrected chi connectivity index (χ0v) is 12.9. The average Bonchev–Trinajstić information content (AvgIpc) is 2.97. The van der Waals surface area contributed by atoms with Gasteiger partial charge < -0.3 is 19.1 Å². The average molecular weight is 298 g/mol. The highest BCUT2D eigenvalue weighted by molar-refractivity contribution is 5.78. The van der Waals surface area contributed by atoms with Gasteiger partial charge in [-0.05, 0) is 19.3 Å². The van der Waals surface area contributed by atoms with Crippen molar-refractivity contribution in [1.29, 1.82) is 0 Å². The standard InChI is InChI=1S/C15H26N2O4/c1-19-13-3-5-16(12-15(13)4-2-8-21-15)11-14(18)17-6-9-20-10-7-17/h13H,2-12H2,1H3/t13-,15-/m0/s1. The Morgan fingerprint density at radius 2 is 2.10 bits per heavy atom. The van der Waals surface area contributed by atoms with Crippen LogP contribution in [0.2, 0.25) is 0 Å². The second-order valence-electron chi connectivity index (χ2n) is 6.23. The second-order valence-corrected chi connectivity index (χ2v) is 6.23. The summed E-state index contributed by atoms with van der Waals surface area (Å²) in [5, 5.41) is 0. The van der Waals surface area contributed by atoms with Crippen molar-refractivity contribution in [2.45, 2.75) is 31.0 Å². The number of likely N-dealkylation sites (tertiary alicyclic amines) is 1. The Morgan fingerprint density at radius 1 is 1.29 bits per heavy atom. The quantitative estimate of drug-likeness (QED) is 0.740. The summed E-state index contributed by atoms with van der Waals surface area (Å²) in [6.45, 7) is 5.76. The van der Waals surface area contributed by atoms with Crippen molar-refractivity contribution in [3.63, 3.8) is 0 Å². The second kappa shape index (κ2) is 6.60. The molecule has 3 aliphatic heterocycles. The maximum atomic E-state index is 12.4. The highest BCUT2D eigenvalue weighted by Crippen LogP contribution is 2.36. The third kappa shape index (κ3) is 3.23. The topological polar surface area (TPSA) is 51.2 Å². The third-order valence-corrected chi connectivity index (χ3v) is 4.93. The van der Waals surface area contributed by atoms with Gasteiger partial charge in [0.2, 0.25) is 5.91 Å². The molecule has 3 aliphatic rings. The van der Waals surface area contributed by atoms with Crippen LogP contribution in [0.1, 0.15) is 19.3 Å². The number of carbonyl (C=O) groups excluding carboxylic acids is 1. The van der Waals surface area contributed by atoms with Crippen LogP contribution < -0.4 is 0 Å². The smallest absolute Gasteiger partial charge is 0.236 e. The van der Waals surface area contributed by atoms with Gasteiger partial charge in [0.15, 0.2) is 0 Å². The fourth-order valence-electron chi connectivity index (χ4n) is 3.79. The van der Waals surface area contributed by atoms with E-state index in [4.69, 9.17) is 14.2 Å². The van der Waals surface area contributed by atoms with Crippen molar-refractivity contribution in [3.8, 4) is 0 Å². The van der Waals surface area contributed by atoms with E-state index in [2.05, 4.69) is 4.90 Å². The van der Waals surface area contributed by atoms with Gasteiger partial charge in [-0.2, -0.15) is 0 Å². The predicted molar refractivity (Wildman–Crippen MR) is 77.2 cm³/mol. The molecule has 0 aromatic rings. The first-order chi connectivity index (χ1) is 10.2. The van der Waals surface area contributed by atoms with Gasteiger partial charge in [0.05, 0.1) is 25.9 Å². The first-order valence-corrected chi connectivity index (χ1v) is 7.98. The van der Waals surface area contributed by atoms with E-state index >= 15 is 0 Å². The number of hydrogen-bond acceptors (Lipinski definition) is 5. The minimum atomic E-state index is -0.196. The Labute approximate surface area is 126 Å². The normalized spacial score (nSPS) is 34.5. The third-order valence-electron chi connectivity index (χ3n) is 4.93. The molecule has 0 N–H and O–H groups in total. The summed E-state index contributed by atoms with van der Waals surface area (Å²) in [6.07, 6.45) is 3.22. The van der Waals surface area contributed by atoms with Crippen molar-refractivity contribution in [2.24, 2.45) is 0 Å². The zero-order chi connectivity index (χ0) is 14.7. The summed E-state index contributed by atoms with van der Waals surface area (Å²) in [7, 11) is 1.77. The van der Waals surface area contributed by atoms with E-state index in [9.17, 15) is 4.79 Å². The minimum absolute atomic E-state index is 0.162. The molecule has 3 fully saturated rings. The molecule has 0 radical (unpaired) electrons. The fraction of sp³-hybridized carbons (Fsp3) is 0.933. The lowest BCUT2D eigenvalue weighted by Gasteiger charge is -2.45. The molecule has 0 unspecified atom stereocenters. The molecule has 3 rings (SSSR count). The van der Waals surface area contributed by atoms with Crippen LogP contribution in [0, 0.1) is 0 Å². The summed E-state index contributed by atoms with van der Waals surface area (Å²) >= 11 is 0. The lowest BCUT2D eigenvalue weighted by molar-refractivity contribution is -0.153. The van der Waals surface area contributed by atoms with Crippen LogP contribution in [0.4, 0.5) is 0 Å². The summed E-state index contributed by atoms with van der Waals surface area (Å²) in [5.74, 6) is 0.210. The molecule has 1 spiro atoms. The number of nitrogens with zero attached hydrogens (tertiary/aromatic N) is 2. The van der Waals surface area contributed by atoms with Gasteiger partial charge in [0.1, 0.15) is 5.60 Å². The Bertz CT molecular complexity index is 365. The van der Waals surface area contributed by atoms with E-state index in [0.717, 1.165) is 52.0 Å². The molecule has 0 bridgehead atoms. The van der Waals surface area contributed by atoms with Gasteiger partial charge in [-0.1, -0.05) is 0 Å². The number of morpholine rings is 1. The number of carbonyl (C=O) groups is 1. The Morgan fingerprint density at radius 3 is 2.76 bits per heavy atom. The summed E-state index contributed by atoms with van der Waals surface area (Å²) in [4.78, 5) is 16.5. The van der Waals surface area contributed by atoms with Gasteiger partial charge in [0, 0.05) is 39.9 Å². The molecular weight excluding hydrogens is 272 g/mol. The SMILES string of the molecule is CO[C@H]1CCN(CC(=O)N2CCOCC2)C[C@@]12CCCO2. The van der Waals surface area contributed by atoms with E-state index in [1.165, 1.54) is 0 Å². The molecule has 1 amide bonds. The molecule has 0 saturated carbocycles. The van der Waals surface area contributed by atoms with Crippen LogP contribution in [0.25, 0.3) is 0 Å². The summed E-state index contributed by atoms with van der Waals surface area (Å²) in [6, 6.07) is 0. The van der Waals surface area contributed by atoms with E-state index in [0.29, 0.717) is 19.8 Å². The van der Waals surface area contributed by atoms with Crippen molar-refractivity contribution in [2.75, 3.05) is 59.7 Å². The molecule has 3 saturated heterocycles. The number of amides is 1. The Kier molecular flexibility index (Phi) is 4.78. The van der Waals surface area contributed by atoms with E-state index in [1.54, 1.807) is 7.11 Å². The largest absolute Gasteiger partial charge is 0.378 e. The van der Waals surface area contributed by atoms with Crippen molar-refractivity contribution in [3.05, 3.63) is 0 Å². The molecule has 0 aromatic carbocycles. The Hall–Kier alpha value is -0.690. The monoisotopic (exact) mass is 298 g/mol. The molecule has 21 heavy (non-hydrogen) atoms. The summed E-state index contributed by atoms with van der Waals surface area (Å²) in [5.41, 5.74) is -0.196. The van der Waals surface area contributed by atoms with Gasteiger partial charge >= 0.3 is 0 Å². The first kappa shape index (κ1) is 15.2. The molecule has 120 valence electrons. The van der Waals surface area contributed by atoms with Crippen LogP contribution >= 0.6 is 0 Å². The van der Waals surface area contributed by atoms with Crippen LogP contribution in [0.3, 0.4) is 0 Å². The molecular formula is C15H26N2O4. The lowest BCUT2D eigenvalue weighted by atomic mass is 9.87. The molecule has 3 heterocycles. The highest BCUT2D eigenvalue weighted by Gasteiger charge is 2.47. The number of hydrogen-bond donors (Lipinski definition) is 0. The maximum Gasteiger partial charge on any atom is 0.236 e. The van der Waals surface area contributed by atoms with Crippen LogP contribution in [0.15, 0.2) is 0 Å². The number of ether oxygens (including phenoxy) is 3.